The van der Waals surface area contributed by atoms with Crippen molar-refractivity contribution in [2.45, 2.75) is 25.5 Å². The molecule has 0 atom stereocenters. The Bertz CT molecular complexity index is 345. The van der Waals surface area contributed by atoms with Gasteiger partial charge in [0.2, 0.25) is 0 Å². The summed E-state index contributed by atoms with van der Waals surface area (Å²) in [6.45, 7) is 5.94. The number of nitrogens with one attached hydrogen (secondary N) is 1. The van der Waals surface area contributed by atoms with Crippen LogP contribution in [0, 0.1) is 0 Å². The second-order valence-electron chi connectivity index (χ2n) is 5.13. The number of hydrogen-bond donors (Lipinski definition) is 1. The summed E-state index contributed by atoms with van der Waals surface area (Å²) in [5, 5.41) is 2.92. The maximum Gasteiger partial charge on any atom is 0.345 e. The zero-order valence-electron chi connectivity index (χ0n) is 12.1. The largest absolute Gasteiger partial charge is 0.345 e. The average molecular weight is 274 g/mol. The van der Waals surface area contributed by atoms with E-state index in [0.717, 1.165) is 0 Å². The number of thioether (sulfide) groups is 1. The van der Waals surface area contributed by atoms with Gasteiger partial charge in [0, 0.05) is 32.9 Å². The van der Waals surface area contributed by atoms with E-state index in [1.54, 1.807) is 28.2 Å². The minimum atomic E-state index is -0.402. The number of rotatable bonds is 0. The van der Waals surface area contributed by atoms with Gasteiger partial charge >= 0.3 is 12.1 Å². The summed E-state index contributed by atoms with van der Waals surface area (Å²) in [7, 11) is 6.48. The topological polar surface area (TPSA) is 65.0 Å². The summed E-state index contributed by atoms with van der Waals surface area (Å²) < 4.78 is -0.148. The fourth-order valence-corrected chi connectivity index (χ4v) is 1.60. The van der Waals surface area contributed by atoms with Crippen molar-refractivity contribution in [2.24, 2.45) is 4.99 Å². The van der Waals surface area contributed by atoms with Gasteiger partial charge in [-0.25, -0.2) is 9.59 Å². The van der Waals surface area contributed by atoms with Gasteiger partial charge < -0.3 is 9.80 Å². The Kier molecular flexibility index (Phi) is 6.17. The van der Waals surface area contributed by atoms with Crippen molar-refractivity contribution < 1.29 is 9.59 Å². The number of urea groups is 2. The fraction of sp³-hybridized carbons (Fsp3) is 0.727. The lowest BCUT2D eigenvalue weighted by Gasteiger charge is -2.20. The van der Waals surface area contributed by atoms with Gasteiger partial charge in [0.05, 0.1) is 0 Å². The lowest BCUT2D eigenvalue weighted by molar-refractivity contribution is 0.222. The van der Waals surface area contributed by atoms with Crippen molar-refractivity contribution >= 4 is 29.0 Å². The van der Waals surface area contributed by atoms with Crippen molar-refractivity contribution in [1.82, 2.24) is 15.1 Å². The van der Waals surface area contributed by atoms with Crippen molar-refractivity contribution in [3.8, 4) is 0 Å². The maximum absolute atomic E-state index is 11.6. The summed E-state index contributed by atoms with van der Waals surface area (Å²) in [6, 6.07) is -0.710. The SMILES string of the molecule is CN(C)C(=O)N=C(NC(=O)N(C)C)SC(C)(C)C. The molecule has 1 N–H and O–H groups in total. The van der Waals surface area contributed by atoms with Crippen LogP contribution in [0.25, 0.3) is 0 Å². The van der Waals surface area contributed by atoms with Crippen LogP contribution in [0.3, 0.4) is 0 Å². The van der Waals surface area contributed by atoms with E-state index >= 15 is 0 Å². The lowest BCUT2D eigenvalue weighted by Crippen LogP contribution is -2.39. The zero-order valence-corrected chi connectivity index (χ0v) is 12.9. The first-order valence-electron chi connectivity index (χ1n) is 5.50. The molecule has 4 amide bonds. The molecule has 6 nitrogen and oxygen atoms in total. The predicted octanol–water partition coefficient (Wildman–Crippen LogP) is 1.83. The molecule has 0 spiro atoms. The van der Waals surface area contributed by atoms with E-state index in [4.69, 9.17) is 0 Å². The lowest BCUT2D eigenvalue weighted by atomic mass is 10.3. The number of carbonyl (C=O) groups excluding carboxylic acids is 2. The smallest absolute Gasteiger partial charge is 0.331 e. The molecular formula is C11H22N4O2S. The first-order chi connectivity index (χ1) is 8.03. The molecule has 0 fully saturated rings. The monoisotopic (exact) mass is 274 g/mol. The van der Waals surface area contributed by atoms with Crippen LogP contribution in [-0.2, 0) is 0 Å². The molecule has 0 saturated heterocycles. The molecule has 0 unspecified atom stereocenters. The zero-order chi connectivity index (χ0) is 14.5. The highest BCUT2D eigenvalue weighted by molar-refractivity contribution is 8.15. The van der Waals surface area contributed by atoms with Crippen LogP contribution in [0.2, 0.25) is 0 Å². The molecule has 104 valence electrons. The molecule has 18 heavy (non-hydrogen) atoms. The van der Waals surface area contributed by atoms with Gasteiger partial charge in [-0.2, -0.15) is 4.99 Å². The molecule has 7 heteroatoms. The Morgan fingerprint density at radius 2 is 1.56 bits per heavy atom. The van der Waals surface area contributed by atoms with Crippen LogP contribution in [0.5, 0.6) is 0 Å². The molecule has 0 aromatic heterocycles. The van der Waals surface area contributed by atoms with E-state index in [1.807, 2.05) is 20.8 Å². The van der Waals surface area contributed by atoms with E-state index in [-0.39, 0.29) is 10.8 Å². The Balaban J connectivity index is 4.95. The number of carbonyl (C=O) groups is 2. The Morgan fingerprint density at radius 3 is 1.89 bits per heavy atom. The molecule has 0 aromatic carbocycles. The Morgan fingerprint density at radius 1 is 1.06 bits per heavy atom. The van der Waals surface area contributed by atoms with E-state index < -0.39 is 6.03 Å². The van der Waals surface area contributed by atoms with Gasteiger partial charge in [-0.05, 0) is 0 Å². The fourth-order valence-electron chi connectivity index (χ4n) is 0.756. The van der Waals surface area contributed by atoms with Crippen LogP contribution < -0.4 is 5.32 Å². The van der Waals surface area contributed by atoms with Crippen molar-refractivity contribution in [3.63, 3.8) is 0 Å². The standard InChI is InChI=1S/C11H22N4O2S/c1-11(2,3)18-8(12-9(16)14(4)5)13-10(17)15(6)7/h1-7H3,(H,12,13,16,17). The number of amidine groups is 1. The highest BCUT2D eigenvalue weighted by atomic mass is 32.2. The molecule has 0 aliphatic rings. The van der Waals surface area contributed by atoms with Crippen molar-refractivity contribution in [3.05, 3.63) is 0 Å². The van der Waals surface area contributed by atoms with E-state index in [2.05, 4.69) is 10.3 Å². The molecular weight excluding hydrogens is 252 g/mol. The van der Waals surface area contributed by atoms with E-state index in [1.165, 1.54) is 21.6 Å². The summed E-state index contributed by atoms with van der Waals surface area (Å²) in [5.41, 5.74) is 0. The first kappa shape index (κ1) is 16.8. The minimum absolute atomic E-state index is 0.148. The summed E-state index contributed by atoms with van der Waals surface area (Å²) in [4.78, 5) is 29.8. The molecule has 0 heterocycles. The van der Waals surface area contributed by atoms with Crippen LogP contribution >= 0.6 is 11.8 Å². The summed E-state index contributed by atoms with van der Waals surface area (Å²) >= 11 is 1.34. The summed E-state index contributed by atoms with van der Waals surface area (Å²) in [5.74, 6) is 0. The van der Waals surface area contributed by atoms with E-state index in [9.17, 15) is 9.59 Å². The van der Waals surface area contributed by atoms with Gasteiger partial charge in [-0.3, -0.25) is 5.32 Å². The third-order valence-electron chi connectivity index (χ3n) is 1.60. The molecule has 0 bridgehead atoms. The van der Waals surface area contributed by atoms with Gasteiger partial charge in [0.25, 0.3) is 0 Å². The second-order valence-corrected chi connectivity index (χ2v) is 6.95. The highest BCUT2D eigenvalue weighted by Gasteiger charge is 2.19. The van der Waals surface area contributed by atoms with Crippen molar-refractivity contribution in [2.75, 3.05) is 28.2 Å². The normalized spacial score (nSPS) is 12.1. The highest BCUT2D eigenvalue weighted by Crippen LogP contribution is 2.24. The number of nitrogens with zero attached hydrogens (tertiary/aromatic N) is 3. The van der Waals surface area contributed by atoms with Crippen molar-refractivity contribution in [1.29, 1.82) is 0 Å². The minimum Gasteiger partial charge on any atom is -0.331 e. The first-order valence-corrected chi connectivity index (χ1v) is 6.32. The third kappa shape index (κ3) is 7.16. The van der Waals surface area contributed by atoms with Gasteiger partial charge in [0.1, 0.15) is 0 Å². The van der Waals surface area contributed by atoms with E-state index in [0.29, 0.717) is 5.17 Å². The van der Waals surface area contributed by atoms with Crippen LogP contribution in [0.15, 0.2) is 4.99 Å². The average Bonchev–Trinajstić information content (AvgIpc) is 2.14. The number of aliphatic imine (C=N–C) groups is 1. The number of hydrogen-bond acceptors (Lipinski definition) is 3. The molecule has 0 rings (SSSR count). The molecule has 0 aromatic rings. The Hall–Kier alpha value is -1.24. The third-order valence-corrected chi connectivity index (χ3v) is 2.60. The Labute approximate surface area is 113 Å². The molecule has 0 aliphatic heterocycles. The van der Waals surface area contributed by atoms with Crippen LogP contribution in [0.4, 0.5) is 9.59 Å². The predicted molar refractivity (Wildman–Crippen MR) is 76.1 cm³/mol. The van der Waals surface area contributed by atoms with Gasteiger partial charge in [-0.15, -0.1) is 0 Å². The maximum atomic E-state index is 11.6. The molecule has 0 saturated carbocycles. The second kappa shape index (κ2) is 6.63. The van der Waals surface area contributed by atoms with Gasteiger partial charge in [0.15, 0.2) is 5.17 Å². The van der Waals surface area contributed by atoms with Crippen LogP contribution in [-0.4, -0.2) is 60.0 Å². The quantitative estimate of drug-likeness (QED) is 0.541. The molecule has 0 radical (unpaired) electrons. The van der Waals surface area contributed by atoms with Crippen LogP contribution in [0.1, 0.15) is 20.8 Å². The molecule has 0 aliphatic carbocycles. The summed E-state index contributed by atoms with van der Waals surface area (Å²) in [6.07, 6.45) is 0. The number of amides is 4. The van der Waals surface area contributed by atoms with Gasteiger partial charge in [-0.1, -0.05) is 32.5 Å².